The highest BCUT2D eigenvalue weighted by atomic mass is 32.2. The van der Waals surface area contributed by atoms with Crippen LogP contribution in [0.15, 0.2) is 47.4 Å². The van der Waals surface area contributed by atoms with Gasteiger partial charge in [0.25, 0.3) is 5.69 Å². The monoisotopic (exact) mass is 368 g/mol. The molecular formula is C15H16N2O5S2. The average Bonchev–Trinajstić information content (AvgIpc) is 2.52. The summed E-state index contributed by atoms with van der Waals surface area (Å²) in [6.07, 6.45) is 0.991. The second-order valence-electron chi connectivity index (χ2n) is 4.95. The highest BCUT2D eigenvalue weighted by molar-refractivity contribution is 7.98. The summed E-state index contributed by atoms with van der Waals surface area (Å²) in [5.74, 6) is 1.29. The Kier molecular flexibility index (Phi) is 5.68. The maximum Gasteiger partial charge on any atom is 0.284 e. The maximum atomic E-state index is 11.2. The molecule has 7 nitrogen and oxygen atoms in total. The molecule has 0 saturated carbocycles. The molecule has 0 spiro atoms. The molecule has 9 heteroatoms. The van der Waals surface area contributed by atoms with Gasteiger partial charge in [0.2, 0.25) is 10.0 Å². The van der Waals surface area contributed by atoms with Gasteiger partial charge in [-0.1, -0.05) is 12.1 Å². The molecule has 2 rings (SSSR count). The molecule has 0 heterocycles. The van der Waals surface area contributed by atoms with Gasteiger partial charge in [0.1, 0.15) is 5.75 Å². The molecule has 0 aliphatic rings. The molecule has 1 N–H and O–H groups in total. The Morgan fingerprint density at radius 2 is 1.88 bits per heavy atom. The van der Waals surface area contributed by atoms with Gasteiger partial charge in [0.05, 0.1) is 28.9 Å². The first-order valence-electron chi connectivity index (χ1n) is 6.80. The summed E-state index contributed by atoms with van der Waals surface area (Å²) in [6.45, 7) is 0. The van der Waals surface area contributed by atoms with Crippen molar-refractivity contribution in [2.45, 2.75) is 10.6 Å². The lowest BCUT2D eigenvalue weighted by atomic mass is 10.2. The minimum absolute atomic E-state index is 0.137. The Bertz CT molecular complexity index is 835. The summed E-state index contributed by atoms with van der Waals surface area (Å²) in [5, 5.41) is 11.2. The highest BCUT2D eigenvalue weighted by Crippen LogP contribution is 2.34. The van der Waals surface area contributed by atoms with Crippen molar-refractivity contribution in [2.75, 3.05) is 18.1 Å². The third-order valence-electron chi connectivity index (χ3n) is 3.01. The van der Waals surface area contributed by atoms with Crippen molar-refractivity contribution in [1.29, 1.82) is 0 Å². The quantitative estimate of drug-likeness (QED) is 0.457. The number of benzene rings is 2. The van der Waals surface area contributed by atoms with Crippen molar-refractivity contribution in [1.82, 2.24) is 0 Å². The number of hydrogen-bond acceptors (Lipinski definition) is 6. The van der Waals surface area contributed by atoms with Gasteiger partial charge in [-0.3, -0.25) is 14.8 Å². The molecule has 0 unspecified atom stereocenters. The van der Waals surface area contributed by atoms with Crippen LogP contribution < -0.4 is 9.46 Å². The van der Waals surface area contributed by atoms with E-state index < -0.39 is 14.9 Å². The Morgan fingerprint density at radius 3 is 2.42 bits per heavy atom. The van der Waals surface area contributed by atoms with Crippen LogP contribution >= 0.6 is 11.8 Å². The first-order valence-corrected chi connectivity index (χ1v) is 9.68. The summed E-state index contributed by atoms with van der Waals surface area (Å²) < 4.78 is 29.8. The van der Waals surface area contributed by atoms with Crippen LogP contribution in [0.1, 0.15) is 5.56 Å². The first kappa shape index (κ1) is 18.1. The van der Waals surface area contributed by atoms with E-state index in [1.54, 1.807) is 13.2 Å². The van der Waals surface area contributed by atoms with E-state index in [9.17, 15) is 18.5 Å². The van der Waals surface area contributed by atoms with Crippen LogP contribution in [0.2, 0.25) is 0 Å². The molecule has 24 heavy (non-hydrogen) atoms. The zero-order chi connectivity index (χ0) is 17.7. The largest absolute Gasteiger partial charge is 0.497 e. The van der Waals surface area contributed by atoms with Crippen molar-refractivity contribution >= 4 is 33.2 Å². The van der Waals surface area contributed by atoms with Crippen LogP contribution in [0.25, 0.3) is 0 Å². The van der Waals surface area contributed by atoms with E-state index in [2.05, 4.69) is 4.72 Å². The second kappa shape index (κ2) is 7.54. The molecule has 2 aromatic carbocycles. The molecule has 0 amide bonds. The van der Waals surface area contributed by atoms with E-state index in [-0.39, 0.29) is 11.4 Å². The summed E-state index contributed by atoms with van der Waals surface area (Å²) in [7, 11) is -1.90. The molecule has 0 fully saturated rings. The standard InChI is InChI=1S/C15H16N2O5S2/c1-22-13-6-3-11(4-7-13)10-23-15-8-5-12(16-24(2,20)21)9-14(15)17(18)19/h3-9,16H,10H2,1-2H3. The lowest BCUT2D eigenvalue weighted by Gasteiger charge is -2.07. The van der Waals surface area contributed by atoms with E-state index in [0.717, 1.165) is 17.6 Å². The number of thioether (sulfide) groups is 1. The van der Waals surface area contributed by atoms with E-state index in [1.807, 2.05) is 24.3 Å². The zero-order valence-corrected chi connectivity index (χ0v) is 14.7. The molecule has 0 aliphatic heterocycles. The molecular weight excluding hydrogens is 352 g/mol. The fourth-order valence-corrected chi connectivity index (χ4v) is 3.46. The number of nitro benzene ring substituents is 1. The van der Waals surface area contributed by atoms with Crippen molar-refractivity contribution in [3.63, 3.8) is 0 Å². The van der Waals surface area contributed by atoms with Gasteiger partial charge in [0, 0.05) is 11.8 Å². The highest BCUT2D eigenvalue weighted by Gasteiger charge is 2.16. The Hall–Kier alpha value is -2.26. The normalized spacial score (nSPS) is 11.1. The topological polar surface area (TPSA) is 98.5 Å². The number of nitrogens with zero attached hydrogens (tertiary/aromatic N) is 1. The Labute approximate surface area is 144 Å². The molecule has 128 valence electrons. The lowest BCUT2D eigenvalue weighted by molar-refractivity contribution is -0.387. The third kappa shape index (κ3) is 5.14. The SMILES string of the molecule is COc1ccc(CSc2ccc(NS(C)(=O)=O)cc2[N+](=O)[O-])cc1. The molecule has 2 aromatic rings. The number of sulfonamides is 1. The van der Waals surface area contributed by atoms with Gasteiger partial charge < -0.3 is 4.74 Å². The fourth-order valence-electron chi connectivity index (χ4n) is 1.94. The van der Waals surface area contributed by atoms with Crippen LogP contribution in [-0.4, -0.2) is 26.7 Å². The fraction of sp³-hybridized carbons (Fsp3) is 0.200. The number of ether oxygens (including phenoxy) is 1. The summed E-state index contributed by atoms with van der Waals surface area (Å²) >= 11 is 1.31. The molecule has 0 atom stereocenters. The number of nitro groups is 1. The van der Waals surface area contributed by atoms with Crippen molar-refractivity contribution in [3.8, 4) is 5.75 Å². The van der Waals surface area contributed by atoms with Crippen LogP contribution in [0.5, 0.6) is 5.75 Å². The van der Waals surface area contributed by atoms with Crippen molar-refractivity contribution in [3.05, 3.63) is 58.1 Å². The van der Waals surface area contributed by atoms with Gasteiger partial charge >= 0.3 is 0 Å². The van der Waals surface area contributed by atoms with E-state index in [1.165, 1.54) is 23.9 Å². The summed E-state index contributed by atoms with van der Waals surface area (Å²) in [5.41, 5.74) is 1.02. The number of anilines is 1. The van der Waals surface area contributed by atoms with Crippen LogP contribution in [0.3, 0.4) is 0 Å². The maximum absolute atomic E-state index is 11.2. The molecule has 0 aliphatic carbocycles. The Morgan fingerprint density at radius 1 is 1.21 bits per heavy atom. The first-order chi connectivity index (χ1) is 11.3. The predicted molar refractivity (Wildman–Crippen MR) is 94.1 cm³/mol. The van der Waals surface area contributed by atoms with Crippen molar-refractivity contribution < 1.29 is 18.1 Å². The van der Waals surface area contributed by atoms with Crippen LogP contribution in [-0.2, 0) is 15.8 Å². The third-order valence-corrected chi connectivity index (χ3v) is 4.75. The Balaban J connectivity index is 2.17. The van der Waals surface area contributed by atoms with Crippen LogP contribution in [0.4, 0.5) is 11.4 Å². The number of methoxy groups -OCH3 is 1. The number of hydrogen-bond donors (Lipinski definition) is 1. The summed E-state index contributed by atoms with van der Waals surface area (Å²) in [4.78, 5) is 11.2. The average molecular weight is 368 g/mol. The lowest BCUT2D eigenvalue weighted by Crippen LogP contribution is -2.09. The molecule has 0 radical (unpaired) electrons. The second-order valence-corrected chi connectivity index (χ2v) is 7.72. The minimum atomic E-state index is -3.49. The summed E-state index contributed by atoms with van der Waals surface area (Å²) in [6, 6.07) is 11.7. The van der Waals surface area contributed by atoms with Gasteiger partial charge in [-0.05, 0) is 29.8 Å². The number of nitrogens with one attached hydrogen (secondary N) is 1. The van der Waals surface area contributed by atoms with Crippen molar-refractivity contribution in [2.24, 2.45) is 0 Å². The smallest absolute Gasteiger partial charge is 0.284 e. The minimum Gasteiger partial charge on any atom is -0.497 e. The predicted octanol–water partition coefficient (Wildman–Crippen LogP) is 3.27. The van der Waals surface area contributed by atoms with E-state index in [0.29, 0.717) is 10.6 Å². The van der Waals surface area contributed by atoms with Gasteiger partial charge in [-0.2, -0.15) is 0 Å². The van der Waals surface area contributed by atoms with E-state index in [4.69, 9.17) is 4.74 Å². The molecule has 0 saturated heterocycles. The molecule has 0 aromatic heterocycles. The number of rotatable bonds is 7. The zero-order valence-electron chi connectivity index (χ0n) is 13.1. The molecule has 0 bridgehead atoms. The van der Waals surface area contributed by atoms with Crippen LogP contribution in [0, 0.1) is 10.1 Å². The van der Waals surface area contributed by atoms with Gasteiger partial charge in [0.15, 0.2) is 0 Å². The van der Waals surface area contributed by atoms with Gasteiger partial charge in [-0.25, -0.2) is 8.42 Å². The van der Waals surface area contributed by atoms with E-state index >= 15 is 0 Å². The van der Waals surface area contributed by atoms with Gasteiger partial charge in [-0.15, -0.1) is 11.8 Å².